The summed E-state index contributed by atoms with van der Waals surface area (Å²) in [5.41, 5.74) is 1.92. The minimum Gasteiger partial charge on any atom is -0.352 e. The van der Waals surface area contributed by atoms with Crippen molar-refractivity contribution in [3.63, 3.8) is 0 Å². The van der Waals surface area contributed by atoms with E-state index in [9.17, 15) is 18.0 Å². The lowest BCUT2D eigenvalue weighted by atomic mass is 10.1. The van der Waals surface area contributed by atoms with Gasteiger partial charge in [-0.2, -0.15) is 0 Å². The molecule has 0 aliphatic carbocycles. The molecule has 1 N–H and O–H groups in total. The van der Waals surface area contributed by atoms with Crippen LogP contribution in [-0.2, 0) is 26.2 Å². The van der Waals surface area contributed by atoms with Gasteiger partial charge < -0.3 is 10.2 Å². The molecule has 39 heavy (non-hydrogen) atoms. The van der Waals surface area contributed by atoms with Crippen LogP contribution in [0, 0.1) is 6.92 Å². The van der Waals surface area contributed by atoms with Crippen molar-refractivity contribution < 1.29 is 18.0 Å². The Hall–Kier alpha value is -3.36. The van der Waals surface area contributed by atoms with Gasteiger partial charge in [-0.3, -0.25) is 13.9 Å². The lowest BCUT2D eigenvalue weighted by molar-refractivity contribution is -0.140. The molecule has 3 aromatic rings. The molecule has 3 aromatic carbocycles. The van der Waals surface area contributed by atoms with E-state index in [1.165, 1.54) is 29.2 Å². The first-order valence-electron chi connectivity index (χ1n) is 13.1. The number of halogens is 1. The van der Waals surface area contributed by atoms with E-state index in [-0.39, 0.29) is 23.4 Å². The van der Waals surface area contributed by atoms with Crippen molar-refractivity contribution in [2.45, 2.75) is 64.1 Å². The van der Waals surface area contributed by atoms with Crippen molar-refractivity contribution in [3.8, 4) is 0 Å². The second-order valence-electron chi connectivity index (χ2n) is 9.50. The molecular formula is C30H36ClN3O4S. The van der Waals surface area contributed by atoms with Crippen LogP contribution in [0.3, 0.4) is 0 Å². The van der Waals surface area contributed by atoms with E-state index >= 15 is 0 Å². The van der Waals surface area contributed by atoms with Crippen LogP contribution in [0.5, 0.6) is 0 Å². The van der Waals surface area contributed by atoms with Crippen LogP contribution in [-0.4, -0.2) is 43.8 Å². The summed E-state index contributed by atoms with van der Waals surface area (Å²) >= 11 is 6.01. The van der Waals surface area contributed by atoms with Crippen molar-refractivity contribution in [2.75, 3.05) is 10.8 Å². The van der Waals surface area contributed by atoms with Crippen molar-refractivity contribution >= 4 is 39.1 Å². The van der Waals surface area contributed by atoms with Crippen LogP contribution in [0.25, 0.3) is 0 Å². The van der Waals surface area contributed by atoms with E-state index in [4.69, 9.17) is 11.6 Å². The Bertz CT molecular complexity index is 1360. The average Bonchev–Trinajstić information content (AvgIpc) is 2.92. The zero-order valence-corrected chi connectivity index (χ0v) is 24.4. The SMILES string of the molecule is CC[C@H](C)NC(=O)[C@H](CC)N(Cc1ccccc1)C(=O)CN(c1ccccc1C)S(=O)(=O)c1ccc(Cl)cc1. The van der Waals surface area contributed by atoms with Gasteiger partial charge in [-0.1, -0.05) is 74.0 Å². The van der Waals surface area contributed by atoms with Gasteiger partial charge in [-0.25, -0.2) is 8.42 Å². The van der Waals surface area contributed by atoms with Crippen molar-refractivity contribution in [3.05, 3.63) is 95.0 Å². The monoisotopic (exact) mass is 569 g/mol. The zero-order valence-electron chi connectivity index (χ0n) is 22.8. The number of anilines is 1. The topological polar surface area (TPSA) is 86.8 Å². The lowest BCUT2D eigenvalue weighted by Gasteiger charge is -2.34. The van der Waals surface area contributed by atoms with Gasteiger partial charge in [0, 0.05) is 17.6 Å². The summed E-state index contributed by atoms with van der Waals surface area (Å²) in [5, 5.41) is 3.38. The smallest absolute Gasteiger partial charge is 0.264 e. The van der Waals surface area contributed by atoms with Crippen molar-refractivity contribution in [1.29, 1.82) is 0 Å². The van der Waals surface area contributed by atoms with Crippen molar-refractivity contribution in [1.82, 2.24) is 10.2 Å². The second kappa shape index (κ2) is 13.6. The zero-order chi connectivity index (χ0) is 28.6. The maximum atomic E-state index is 14.1. The first kappa shape index (κ1) is 30.2. The molecule has 0 saturated heterocycles. The van der Waals surface area contributed by atoms with E-state index in [0.717, 1.165) is 16.3 Å². The molecule has 0 bridgehead atoms. The maximum Gasteiger partial charge on any atom is 0.264 e. The molecule has 0 heterocycles. The number of carbonyl (C=O) groups excluding carboxylic acids is 2. The van der Waals surface area contributed by atoms with E-state index < -0.39 is 28.5 Å². The molecule has 0 fully saturated rings. The fraction of sp³-hybridized carbons (Fsp3) is 0.333. The minimum absolute atomic E-state index is 0.0131. The molecule has 2 atom stereocenters. The molecule has 208 valence electrons. The van der Waals surface area contributed by atoms with E-state index in [0.29, 0.717) is 22.7 Å². The van der Waals surface area contributed by atoms with Crippen LogP contribution in [0.4, 0.5) is 5.69 Å². The Morgan fingerprint density at radius 2 is 1.51 bits per heavy atom. The predicted molar refractivity (Wildman–Crippen MR) is 156 cm³/mol. The van der Waals surface area contributed by atoms with E-state index in [1.807, 2.05) is 57.2 Å². The van der Waals surface area contributed by atoms with Gasteiger partial charge in [0.15, 0.2) is 0 Å². The standard InChI is InChI=1S/C30H36ClN3O4S/c1-5-23(4)32-30(36)27(6-2)33(20-24-13-8-7-9-14-24)29(35)21-34(28-15-11-10-12-22(28)3)39(37,38)26-18-16-25(31)17-19-26/h7-19,23,27H,5-6,20-21H2,1-4H3,(H,32,36)/t23-,27-/m0/s1. The summed E-state index contributed by atoms with van der Waals surface area (Å²) in [4.78, 5) is 28.8. The minimum atomic E-state index is -4.14. The van der Waals surface area contributed by atoms with Crippen LogP contribution >= 0.6 is 11.6 Å². The van der Waals surface area contributed by atoms with Gasteiger partial charge in [0.1, 0.15) is 12.6 Å². The summed E-state index contributed by atoms with van der Waals surface area (Å²) in [7, 11) is -4.14. The Morgan fingerprint density at radius 3 is 2.10 bits per heavy atom. The molecule has 0 unspecified atom stereocenters. The molecule has 3 rings (SSSR count). The number of rotatable bonds is 12. The van der Waals surface area contributed by atoms with E-state index in [2.05, 4.69) is 5.32 Å². The van der Waals surface area contributed by atoms with Crippen molar-refractivity contribution in [2.24, 2.45) is 0 Å². The molecule has 2 amide bonds. The molecule has 9 heteroatoms. The fourth-order valence-corrected chi connectivity index (χ4v) is 5.84. The number of para-hydroxylation sites is 1. The van der Waals surface area contributed by atoms with Gasteiger partial charge in [0.25, 0.3) is 10.0 Å². The second-order valence-corrected chi connectivity index (χ2v) is 11.8. The number of sulfonamides is 1. The molecular weight excluding hydrogens is 534 g/mol. The van der Waals surface area contributed by atoms with Gasteiger partial charge in [0.2, 0.25) is 11.8 Å². The lowest BCUT2D eigenvalue weighted by Crippen LogP contribution is -2.53. The number of hydrogen-bond acceptors (Lipinski definition) is 4. The number of amides is 2. The summed E-state index contributed by atoms with van der Waals surface area (Å²) in [5.74, 6) is -0.745. The average molecular weight is 570 g/mol. The van der Waals surface area contributed by atoms with Crippen LogP contribution in [0.15, 0.2) is 83.8 Å². The predicted octanol–water partition coefficient (Wildman–Crippen LogP) is 5.57. The Morgan fingerprint density at radius 1 is 0.897 bits per heavy atom. The number of carbonyl (C=O) groups is 2. The highest BCUT2D eigenvalue weighted by Gasteiger charge is 2.34. The molecule has 0 aromatic heterocycles. The molecule has 0 spiro atoms. The number of aryl methyl sites for hydroxylation is 1. The van der Waals surface area contributed by atoms with Gasteiger partial charge >= 0.3 is 0 Å². The highest BCUT2D eigenvalue weighted by atomic mass is 35.5. The number of nitrogens with one attached hydrogen (secondary N) is 1. The van der Waals surface area contributed by atoms with Gasteiger partial charge in [0.05, 0.1) is 10.6 Å². The summed E-state index contributed by atoms with van der Waals surface area (Å²) in [6.07, 6.45) is 1.12. The molecule has 7 nitrogen and oxygen atoms in total. The van der Waals surface area contributed by atoms with Gasteiger partial charge in [-0.05, 0) is 68.1 Å². The van der Waals surface area contributed by atoms with Crippen LogP contribution < -0.4 is 9.62 Å². The number of hydrogen-bond donors (Lipinski definition) is 1. The quantitative estimate of drug-likeness (QED) is 0.309. The third-order valence-electron chi connectivity index (χ3n) is 6.65. The Balaban J connectivity index is 2.05. The maximum absolute atomic E-state index is 14.1. The van der Waals surface area contributed by atoms with Crippen LogP contribution in [0.1, 0.15) is 44.7 Å². The number of benzene rings is 3. The third-order valence-corrected chi connectivity index (χ3v) is 8.67. The third kappa shape index (κ3) is 7.61. The highest BCUT2D eigenvalue weighted by molar-refractivity contribution is 7.92. The molecule has 0 radical (unpaired) electrons. The summed E-state index contributed by atoms with van der Waals surface area (Å²) < 4.78 is 28.9. The Labute approximate surface area is 236 Å². The normalized spacial score (nSPS) is 12.8. The molecule has 0 aliphatic rings. The molecule has 0 saturated carbocycles. The largest absolute Gasteiger partial charge is 0.352 e. The first-order chi connectivity index (χ1) is 18.6. The fourth-order valence-electron chi connectivity index (χ4n) is 4.23. The van der Waals surface area contributed by atoms with E-state index in [1.54, 1.807) is 25.1 Å². The summed E-state index contributed by atoms with van der Waals surface area (Å²) in [6.45, 7) is 7.20. The van der Waals surface area contributed by atoms with Crippen LogP contribution in [0.2, 0.25) is 5.02 Å². The highest BCUT2D eigenvalue weighted by Crippen LogP contribution is 2.28. The number of nitrogens with zero attached hydrogens (tertiary/aromatic N) is 2. The first-order valence-corrected chi connectivity index (χ1v) is 14.9. The van der Waals surface area contributed by atoms with Gasteiger partial charge in [-0.15, -0.1) is 0 Å². The Kier molecular flexibility index (Phi) is 10.5. The summed E-state index contributed by atoms with van der Waals surface area (Å²) in [6, 6.07) is 21.4. The molecule has 0 aliphatic heterocycles.